The zero-order chi connectivity index (χ0) is 34.6. The van der Waals surface area contributed by atoms with Crippen LogP contribution in [-0.2, 0) is 46.5 Å². The number of hydrogen-bond acceptors (Lipinski definition) is 7. The topological polar surface area (TPSA) is 107 Å². The summed E-state index contributed by atoms with van der Waals surface area (Å²) in [5, 5.41) is 4.33. The van der Waals surface area contributed by atoms with Crippen LogP contribution in [0.15, 0.2) is 60.7 Å². The first-order valence-electron chi connectivity index (χ1n) is 17.5. The van der Waals surface area contributed by atoms with Crippen molar-refractivity contribution in [3.8, 4) is 0 Å². The quantitative estimate of drug-likeness (QED) is 0.259. The van der Waals surface area contributed by atoms with Gasteiger partial charge in [-0.15, -0.1) is 0 Å². The summed E-state index contributed by atoms with van der Waals surface area (Å²) in [7, 11) is 3.25. The molecule has 2 aromatic rings. The molecule has 0 bridgehead atoms. The van der Waals surface area contributed by atoms with Crippen LogP contribution in [0.4, 0.5) is 0 Å². The number of hydrogen-bond donors (Lipinski definition) is 1. The number of hydroxylamine groups is 2. The number of nitrogens with one attached hydrogen (secondary N) is 1. The second-order valence-electron chi connectivity index (χ2n) is 13.4. The number of rotatable bonds is 17. The van der Waals surface area contributed by atoms with Crippen molar-refractivity contribution in [2.24, 2.45) is 17.8 Å². The van der Waals surface area contributed by atoms with Crippen LogP contribution in [0.25, 0.3) is 0 Å². The van der Waals surface area contributed by atoms with Crippen molar-refractivity contribution in [3.05, 3.63) is 71.8 Å². The van der Waals surface area contributed by atoms with Crippen LogP contribution >= 0.6 is 0 Å². The minimum atomic E-state index is -0.862. The Morgan fingerprint density at radius 1 is 0.958 bits per heavy atom. The van der Waals surface area contributed by atoms with E-state index in [1.165, 1.54) is 5.06 Å². The third kappa shape index (κ3) is 9.87. The molecule has 48 heavy (non-hydrogen) atoms. The van der Waals surface area contributed by atoms with Crippen LogP contribution in [0.1, 0.15) is 64.5 Å². The van der Waals surface area contributed by atoms with Gasteiger partial charge >= 0.3 is 0 Å². The minimum Gasteiger partial charge on any atom is -0.381 e. The van der Waals surface area contributed by atoms with E-state index in [0.29, 0.717) is 25.5 Å². The second kappa shape index (κ2) is 18.5. The van der Waals surface area contributed by atoms with Crippen LogP contribution in [0.3, 0.4) is 0 Å². The zero-order valence-corrected chi connectivity index (χ0v) is 29.5. The molecule has 8 atom stereocenters. The van der Waals surface area contributed by atoms with Gasteiger partial charge in [-0.3, -0.25) is 19.2 Å². The normalized spacial score (nSPS) is 21.7. The largest absolute Gasteiger partial charge is 0.381 e. The van der Waals surface area contributed by atoms with Crippen LogP contribution in [-0.4, -0.2) is 92.0 Å². The number of carbonyl (C=O) groups excluding carboxylic acids is 3. The lowest BCUT2D eigenvalue weighted by Gasteiger charge is -2.36. The average Bonchev–Trinajstić information content (AvgIpc) is 3.80. The van der Waals surface area contributed by atoms with Gasteiger partial charge in [0.15, 0.2) is 0 Å². The molecule has 4 unspecified atom stereocenters. The molecule has 2 aromatic carbocycles. The molecule has 2 aliphatic heterocycles. The van der Waals surface area contributed by atoms with Crippen molar-refractivity contribution in [1.82, 2.24) is 15.3 Å². The molecule has 2 aliphatic rings. The predicted molar refractivity (Wildman–Crippen MR) is 183 cm³/mol. The lowest BCUT2D eigenvalue weighted by Crippen LogP contribution is -2.54. The lowest BCUT2D eigenvalue weighted by molar-refractivity contribution is -0.172. The van der Waals surface area contributed by atoms with E-state index >= 15 is 0 Å². The molecule has 10 nitrogen and oxygen atoms in total. The van der Waals surface area contributed by atoms with E-state index in [9.17, 15) is 14.4 Å². The molecule has 10 heteroatoms. The van der Waals surface area contributed by atoms with Crippen LogP contribution in [0.2, 0.25) is 0 Å². The average molecular weight is 666 g/mol. The molecular formula is C38H55N3O7. The molecular weight excluding hydrogens is 610 g/mol. The zero-order valence-electron chi connectivity index (χ0n) is 29.5. The third-order valence-corrected chi connectivity index (χ3v) is 10.2. The lowest BCUT2D eigenvalue weighted by atomic mass is 9.87. The fraction of sp³-hybridized carbons (Fsp3) is 0.605. The number of ether oxygens (including phenoxy) is 3. The predicted octanol–water partition coefficient (Wildman–Crippen LogP) is 4.80. The molecule has 0 saturated carbocycles. The number of likely N-dealkylation sites (tertiary alicyclic amines) is 1. The van der Waals surface area contributed by atoms with Crippen LogP contribution < -0.4 is 5.32 Å². The fourth-order valence-corrected chi connectivity index (χ4v) is 6.83. The van der Waals surface area contributed by atoms with Gasteiger partial charge in [0.25, 0.3) is 5.91 Å². The molecule has 0 radical (unpaired) electrons. The van der Waals surface area contributed by atoms with Crippen molar-refractivity contribution in [2.75, 3.05) is 33.9 Å². The Morgan fingerprint density at radius 2 is 1.62 bits per heavy atom. The minimum absolute atomic E-state index is 0.0153. The van der Waals surface area contributed by atoms with Gasteiger partial charge in [0, 0.05) is 27.2 Å². The molecule has 2 heterocycles. The number of carbonyl (C=O) groups is 3. The highest BCUT2D eigenvalue weighted by molar-refractivity contribution is 5.88. The Balaban J connectivity index is 1.42. The van der Waals surface area contributed by atoms with Gasteiger partial charge in [-0.2, -0.15) is 0 Å². The highest BCUT2D eigenvalue weighted by atomic mass is 16.7. The van der Waals surface area contributed by atoms with E-state index in [1.54, 1.807) is 21.1 Å². The third-order valence-electron chi connectivity index (χ3n) is 10.2. The van der Waals surface area contributed by atoms with E-state index < -0.39 is 18.1 Å². The summed E-state index contributed by atoms with van der Waals surface area (Å²) in [5.41, 5.74) is 1.95. The standard InChI is InChI=1S/C38H55N3O7/c1-7-26(2)27(3)34(45-5)22-35(42)40-20-14-19-33(40)36(46-6)28(4)37(43)39-32(21-29-15-10-8-11-16-29)38(44)41-23-31(25-48-41)47-24-30-17-12-9-13-18-30/h8-13,15-18,26-28,31-34,36H,7,14,19-25H2,1-6H3,(H,39,43)/t26?,27-,28?,31?,32-,33-,34?,36+/m0/s1. The van der Waals surface area contributed by atoms with Gasteiger partial charge in [0.2, 0.25) is 11.8 Å². The van der Waals surface area contributed by atoms with Crippen molar-refractivity contribution < 1.29 is 33.4 Å². The Kier molecular flexibility index (Phi) is 14.4. The molecule has 0 spiro atoms. The van der Waals surface area contributed by atoms with E-state index in [4.69, 9.17) is 19.0 Å². The molecule has 2 saturated heterocycles. The first-order chi connectivity index (χ1) is 23.2. The van der Waals surface area contributed by atoms with Crippen molar-refractivity contribution >= 4 is 17.7 Å². The fourth-order valence-electron chi connectivity index (χ4n) is 6.83. The number of benzene rings is 2. The molecule has 4 rings (SSSR count). The van der Waals surface area contributed by atoms with Crippen molar-refractivity contribution in [2.45, 2.75) is 96.8 Å². The second-order valence-corrected chi connectivity index (χ2v) is 13.4. The van der Waals surface area contributed by atoms with Gasteiger partial charge in [-0.05, 0) is 35.8 Å². The van der Waals surface area contributed by atoms with Crippen LogP contribution in [0.5, 0.6) is 0 Å². The maximum Gasteiger partial charge on any atom is 0.269 e. The summed E-state index contributed by atoms with van der Waals surface area (Å²) < 4.78 is 17.7. The Hall–Kier alpha value is -3.31. The Labute approximate surface area is 286 Å². The van der Waals surface area contributed by atoms with Gasteiger partial charge < -0.3 is 24.4 Å². The van der Waals surface area contributed by atoms with E-state index in [1.807, 2.05) is 65.6 Å². The molecule has 264 valence electrons. The molecule has 2 fully saturated rings. The Morgan fingerprint density at radius 3 is 2.25 bits per heavy atom. The number of methoxy groups -OCH3 is 2. The molecule has 0 aliphatic carbocycles. The molecule has 0 aromatic heterocycles. The van der Waals surface area contributed by atoms with Crippen molar-refractivity contribution in [1.29, 1.82) is 0 Å². The number of nitrogens with zero attached hydrogens (tertiary/aromatic N) is 2. The first-order valence-corrected chi connectivity index (χ1v) is 17.5. The Bertz CT molecular complexity index is 1300. The summed E-state index contributed by atoms with van der Waals surface area (Å²) in [6.07, 6.45) is 2.15. The highest BCUT2D eigenvalue weighted by Gasteiger charge is 2.42. The monoisotopic (exact) mass is 665 g/mol. The van der Waals surface area contributed by atoms with Crippen molar-refractivity contribution in [3.63, 3.8) is 0 Å². The summed E-state index contributed by atoms with van der Waals surface area (Å²) in [6, 6.07) is 18.3. The summed E-state index contributed by atoms with van der Waals surface area (Å²) in [5.74, 6) is -0.598. The summed E-state index contributed by atoms with van der Waals surface area (Å²) >= 11 is 0. The van der Waals surface area contributed by atoms with E-state index in [0.717, 1.165) is 30.4 Å². The van der Waals surface area contributed by atoms with Gasteiger partial charge in [0.05, 0.1) is 43.7 Å². The SMILES string of the molecule is CCC(C)[C@H](C)C(CC(=O)N1CCC[C@H]1[C@H](OC)C(C)C(=O)N[C@@H](Cc1ccccc1)C(=O)N1CC(OCc2ccccc2)CO1)OC. The van der Waals surface area contributed by atoms with Gasteiger partial charge in [-0.25, -0.2) is 5.06 Å². The smallest absolute Gasteiger partial charge is 0.269 e. The highest BCUT2D eigenvalue weighted by Crippen LogP contribution is 2.29. The van der Waals surface area contributed by atoms with E-state index in [2.05, 4.69) is 26.1 Å². The van der Waals surface area contributed by atoms with E-state index in [-0.39, 0.29) is 61.5 Å². The first kappa shape index (κ1) is 37.5. The van der Waals surface area contributed by atoms with Gasteiger partial charge in [0.1, 0.15) is 18.8 Å². The van der Waals surface area contributed by atoms with Crippen LogP contribution in [0, 0.1) is 17.8 Å². The van der Waals surface area contributed by atoms with Gasteiger partial charge in [-0.1, -0.05) is 94.8 Å². The number of amides is 3. The maximum atomic E-state index is 13.9. The molecule has 3 amide bonds. The summed E-state index contributed by atoms with van der Waals surface area (Å²) in [4.78, 5) is 49.0. The summed E-state index contributed by atoms with van der Waals surface area (Å²) in [6.45, 7) is 9.82. The molecule has 1 N–H and O–H groups in total. The maximum absolute atomic E-state index is 13.9.